The number of halogens is 3. The van der Waals surface area contributed by atoms with Gasteiger partial charge in [0.15, 0.2) is 0 Å². The Labute approximate surface area is 102 Å². The summed E-state index contributed by atoms with van der Waals surface area (Å²) in [5.74, 6) is 0. The van der Waals surface area contributed by atoms with Gasteiger partial charge in [0, 0.05) is 26.3 Å². The van der Waals surface area contributed by atoms with Gasteiger partial charge in [-0.1, -0.05) is 0 Å². The lowest BCUT2D eigenvalue weighted by Gasteiger charge is -2.08. The Balaban J connectivity index is 2.34. The van der Waals surface area contributed by atoms with Crippen molar-refractivity contribution in [2.75, 3.05) is 25.6 Å². The van der Waals surface area contributed by atoms with Crippen LogP contribution in [0.2, 0.25) is 0 Å². The summed E-state index contributed by atoms with van der Waals surface area (Å²) < 4.78 is 40.9. The summed E-state index contributed by atoms with van der Waals surface area (Å²) in [5.41, 5.74) is 0.280. The van der Waals surface area contributed by atoms with Crippen LogP contribution in [0.3, 0.4) is 0 Å². The van der Waals surface area contributed by atoms with E-state index in [1.807, 2.05) is 0 Å². The van der Waals surface area contributed by atoms with Gasteiger partial charge in [0.25, 0.3) is 5.56 Å². The SMILES string of the molecule is CNc1cnn(CCCOCC(F)(F)F)c(=O)c1. The lowest BCUT2D eigenvalue weighted by atomic mass is 10.4. The third kappa shape index (κ3) is 5.17. The van der Waals surface area contributed by atoms with E-state index in [-0.39, 0.29) is 18.7 Å². The first-order valence-electron chi connectivity index (χ1n) is 5.32. The molecule has 1 N–H and O–H groups in total. The molecule has 8 heteroatoms. The predicted molar refractivity (Wildman–Crippen MR) is 59.5 cm³/mol. The molecule has 0 aromatic carbocycles. The maximum atomic E-state index is 11.8. The minimum absolute atomic E-state index is 0.0680. The van der Waals surface area contributed by atoms with Crippen LogP contribution in [0.1, 0.15) is 6.42 Å². The lowest BCUT2D eigenvalue weighted by molar-refractivity contribution is -0.174. The van der Waals surface area contributed by atoms with Crippen molar-refractivity contribution in [2.45, 2.75) is 19.1 Å². The molecular formula is C10H14F3N3O2. The summed E-state index contributed by atoms with van der Waals surface area (Å²) in [6.45, 7) is -1.11. The molecular weight excluding hydrogens is 251 g/mol. The zero-order valence-corrected chi connectivity index (χ0v) is 9.83. The number of nitrogens with zero attached hydrogens (tertiary/aromatic N) is 2. The Morgan fingerprint density at radius 2 is 2.22 bits per heavy atom. The fourth-order valence-corrected chi connectivity index (χ4v) is 1.24. The molecule has 102 valence electrons. The van der Waals surface area contributed by atoms with Crippen molar-refractivity contribution in [3.05, 3.63) is 22.6 Å². The Bertz CT molecular complexity index is 431. The van der Waals surface area contributed by atoms with Crippen molar-refractivity contribution in [3.8, 4) is 0 Å². The van der Waals surface area contributed by atoms with Gasteiger partial charge in [-0.3, -0.25) is 4.79 Å². The molecule has 1 aromatic heterocycles. The van der Waals surface area contributed by atoms with Crippen LogP contribution < -0.4 is 10.9 Å². The predicted octanol–water partition coefficient (Wildman–Crippen LogP) is 1.25. The van der Waals surface area contributed by atoms with Gasteiger partial charge in [-0.15, -0.1) is 0 Å². The van der Waals surface area contributed by atoms with Crippen molar-refractivity contribution in [1.29, 1.82) is 0 Å². The second kappa shape index (κ2) is 6.39. The van der Waals surface area contributed by atoms with Crippen molar-refractivity contribution in [3.63, 3.8) is 0 Å². The molecule has 0 fully saturated rings. The average Bonchev–Trinajstić information content (AvgIpc) is 2.29. The van der Waals surface area contributed by atoms with E-state index in [4.69, 9.17) is 0 Å². The Hall–Kier alpha value is -1.57. The molecule has 0 saturated carbocycles. The zero-order chi connectivity index (χ0) is 13.6. The third-order valence-electron chi connectivity index (χ3n) is 2.08. The largest absolute Gasteiger partial charge is 0.411 e. The molecule has 18 heavy (non-hydrogen) atoms. The van der Waals surface area contributed by atoms with Gasteiger partial charge in [-0.25, -0.2) is 4.68 Å². The smallest absolute Gasteiger partial charge is 0.387 e. The molecule has 0 unspecified atom stereocenters. The third-order valence-corrected chi connectivity index (χ3v) is 2.08. The van der Waals surface area contributed by atoms with Crippen LogP contribution in [0.4, 0.5) is 18.9 Å². The molecule has 1 aromatic rings. The number of nitrogens with one attached hydrogen (secondary N) is 1. The lowest BCUT2D eigenvalue weighted by Crippen LogP contribution is -2.23. The minimum atomic E-state index is -4.32. The zero-order valence-electron chi connectivity index (χ0n) is 9.83. The van der Waals surface area contributed by atoms with Gasteiger partial charge in [-0.2, -0.15) is 18.3 Å². The first kappa shape index (κ1) is 14.5. The fraction of sp³-hybridized carbons (Fsp3) is 0.600. The van der Waals surface area contributed by atoms with Gasteiger partial charge >= 0.3 is 6.18 Å². The minimum Gasteiger partial charge on any atom is -0.387 e. The van der Waals surface area contributed by atoms with E-state index in [1.54, 1.807) is 7.05 Å². The van der Waals surface area contributed by atoms with Gasteiger partial charge in [-0.05, 0) is 6.42 Å². The molecule has 0 radical (unpaired) electrons. The Morgan fingerprint density at radius 3 is 2.78 bits per heavy atom. The van der Waals surface area contributed by atoms with Crippen molar-refractivity contribution in [2.24, 2.45) is 0 Å². The number of hydrogen-bond donors (Lipinski definition) is 1. The van der Waals surface area contributed by atoms with E-state index in [2.05, 4.69) is 15.2 Å². The van der Waals surface area contributed by atoms with Crippen LogP contribution in [-0.4, -0.2) is 36.2 Å². The summed E-state index contributed by atoms with van der Waals surface area (Å²) in [7, 11) is 1.66. The monoisotopic (exact) mass is 265 g/mol. The number of aryl methyl sites for hydroxylation is 1. The van der Waals surface area contributed by atoms with Gasteiger partial charge in [0.05, 0.1) is 11.9 Å². The van der Waals surface area contributed by atoms with Crippen LogP contribution in [0.5, 0.6) is 0 Å². The van der Waals surface area contributed by atoms with Crippen LogP contribution in [-0.2, 0) is 11.3 Å². The summed E-state index contributed by atoms with van der Waals surface area (Å²) in [5, 5.41) is 6.62. The summed E-state index contributed by atoms with van der Waals surface area (Å²) in [4.78, 5) is 11.5. The maximum Gasteiger partial charge on any atom is 0.411 e. The van der Waals surface area contributed by atoms with Crippen molar-refractivity contribution >= 4 is 5.69 Å². The van der Waals surface area contributed by atoms with E-state index in [1.165, 1.54) is 16.9 Å². The molecule has 0 spiro atoms. The molecule has 0 aliphatic carbocycles. The van der Waals surface area contributed by atoms with E-state index in [0.29, 0.717) is 12.1 Å². The fourth-order valence-electron chi connectivity index (χ4n) is 1.24. The first-order valence-corrected chi connectivity index (χ1v) is 5.32. The number of alkyl halides is 3. The molecule has 0 aliphatic rings. The maximum absolute atomic E-state index is 11.8. The quantitative estimate of drug-likeness (QED) is 0.787. The Kier molecular flexibility index (Phi) is 5.14. The highest BCUT2D eigenvalue weighted by molar-refractivity contribution is 5.37. The first-order chi connectivity index (χ1) is 8.42. The summed E-state index contributed by atoms with van der Waals surface area (Å²) >= 11 is 0. The standard InChI is InChI=1S/C10H14F3N3O2/c1-14-8-5-9(17)16(15-6-8)3-2-4-18-7-10(11,12)13/h5-6,14H,2-4,7H2,1H3. The molecule has 0 amide bonds. The van der Waals surface area contributed by atoms with E-state index < -0.39 is 12.8 Å². The van der Waals surface area contributed by atoms with E-state index >= 15 is 0 Å². The molecule has 1 heterocycles. The van der Waals surface area contributed by atoms with Crippen LogP contribution in [0.15, 0.2) is 17.1 Å². The number of aromatic nitrogens is 2. The van der Waals surface area contributed by atoms with Crippen molar-refractivity contribution < 1.29 is 17.9 Å². The molecule has 1 rings (SSSR count). The topological polar surface area (TPSA) is 56.1 Å². The second-order valence-corrected chi connectivity index (χ2v) is 3.58. The molecule has 5 nitrogen and oxygen atoms in total. The van der Waals surface area contributed by atoms with Crippen LogP contribution in [0.25, 0.3) is 0 Å². The van der Waals surface area contributed by atoms with E-state index in [9.17, 15) is 18.0 Å². The second-order valence-electron chi connectivity index (χ2n) is 3.58. The molecule has 0 bridgehead atoms. The van der Waals surface area contributed by atoms with Crippen molar-refractivity contribution in [1.82, 2.24) is 9.78 Å². The summed E-state index contributed by atoms with van der Waals surface area (Å²) in [6.07, 6.45) is -2.55. The molecule has 0 atom stereocenters. The highest BCUT2D eigenvalue weighted by Gasteiger charge is 2.27. The van der Waals surface area contributed by atoms with Crippen LogP contribution in [0, 0.1) is 0 Å². The van der Waals surface area contributed by atoms with E-state index in [0.717, 1.165) is 0 Å². The molecule has 0 aliphatic heterocycles. The van der Waals surface area contributed by atoms with Gasteiger partial charge < -0.3 is 10.1 Å². The summed E-state index contributed by atoms with van der Waals surface area (Å²) in [6, 6.07) is 1.36. The van der Waals surface area contributed by atoms with Crippen LogP contribution >= 0.6 is 0 Å². The number of ether oxygens (including phenoxy) is 1. The van der Waals surface area contributed by atoms with Gasteiger partial charge in [0.2, 0.25) is 0 Å². The van der Waals surface area contributed by atoms with Gasteiger partial charge in [0.1, 0.15) is 6.61 Å². The highest BCUT2D eigenvalue weighted by Crippen LogP contribution is 2.14. The number of anilines is 1. The molecule has 0 saturated heterocycles. The Morgan fingerprint density at radius 1 is 1.50 bits per heavy atom. The average molecular weight is 265 g/mol. The number of hydrogen-bond acceptors (Lipinski definition) is 4. The number of rotatable bonds is 6. The highest BCUT2D eigenvalue weighted by atomic mass is 19.4. The normalized spacial score (nSPS) is 11.6.